The van der Waals surface area contributed by atoms with Crippen molar-refractivity contribution in [1.82, 2.24) is 0 Å². The molecule has 4 fully saturated rings. The molecular weight excluding hydrogens is 523 g/mol. The second kappa shape index (κ2) is 9.45. The number of hydrogen-bond acceptors (Lipinski definition) is 1. The first kappa shape index (κ1) is 25.4. The molecule has 0 amide bonds. The van der Waals surface area contributed by atoms with Crippen LogP contribution in [0.4, 0.5) is 11.4 Å². The van der Waals surface area contributed by atoms with Gasteiger partial charge in [0, 0.05) is 22.5 Å². The molecule has 4 aliphatic carbocycles. The van der Waals surface area contributed by atoms with E-state index in [1.165, 1.54) is 85.0 Å². The van der Waals surface area contributed by atoms with Crippen LogP contribution in [0.2, 0.25) is 13.1 Å². The summed E-state index contributed by atoms with van der Waals surface area (Å²) in [6.45, 7) is 5.13. The minimum atomic E-state index is -1.78. The Bertz CT molecular complexity index is 1680. The van der Waals surface area contributed by atoms with Crippen LogP contribution in [0.5, 0.6) is 0 Å². The fourth-order valence-corrected chi connectivity index (χ4v) is 13.5. The standard InChI is InChI=1S/C40H43NSi/c1-42(2)38-9-5-8-37(40(38)33-19-18-31(24-39(33)42)35-23-26-11-13-30(35)21-26)41-36-7-4-3-6-32(36)27-14-16-28(17-15-27)34-22-25-10-12-29(34)20-25/h3-9,14-19,24-26,29-30,34-35,41H,10-13,20-23H2,1-2H3. The van der Waals surface area contributed by atoms with Crippen molar-refractivity contribution >= 4 is 29.8 Å². The molecule has 2 heteroatoms. The molecule has 5 aliphatic rings. The first-order valence-electron chi connectivity index (χ1n) is 16.8. The van der Waals surface area contributed by atoms with Gasteiger partial charge in [-0.3, -0.25) is 0 Å². The molecule has 1 heterocycles. The van der Waals surface area contributed by atoms with Gasteiger partial charge in [-0.15, -0.1) is 0 Å². The zero-order chi connectivity index (χ0) is 28.0. The predicted molar refractivity (Wildman–Crippen MR) is 180 cm³/mol. The third kappa shape index (κ3) is 3.87. The van der Waals surface area contributed by atoms with E-state index in [-0.39, 0.29) is 0 Å². The molecule has 0 aromatic heterocycles. The summed E-state index contributed by atoms with van der Waals surface area (Å²) in [7, 11) is -1.78. The van der Waals surface area contributed by atoms with E-state index < -0.39 is 8.07 Å². The molecule has 9 rings (SSSR count). The van der Waals surface area contributed by atoms with Crippen molar-refractivity contribution in [2.75, 3.05) is 5.32 Å². The molecule has 4 bridgehead atoms. The molecule has 212 valence electrons. The van der Waals surface area contributed by atoms with Crippen molar-refractivity contribution < 1.29 is 0 Å². The average Bonchev–Trinajstić information content (AvgIpc) is 3.86. The Balaban J connectivity index is 1.05. The summed E-state index contributed by atoms with van der Waals surface area (Å²) in [5, 5.41) is 7.19. The second-order valence-electron chi connectivity index (χ2n) is 15.0. The second-order valence-corrected chi connectivity index (χ2v) is 19.3. The van der Waals surface area contributed by atoms with E-state index in [9.17, 15) is 0 Å². The molecule has 6 unspecified atom stereocenters. The Hall–Kier alpha value is -3.10. The topological polar surface area (TPSA) is 12.0 Å². The van der Waals surface area contributed by atoms with Crippen LogP contribution in [0.3, 0.4) is 0 Å². The van der Waals surface area contributed by atoms with Gasteiger partial charge in [-0.1, -0.05) is 98.7 Å². The van der Waals surface area contributed by atoms with E-state index >= 15 is 0 Å². The number of anilines is 2. The molecule has 4 aromatic carbocycles. The van der Waals surface area contributed by atoms with Crippen LogP contribution >= 0.6 is 0 Å². The fraction of sp³-hybridized carbons (Fsp3) is 0.400. The molecule has 0 radical (unpaired) electrons. The van der Waals surface area contributed by atoms with Gasteiger partial charge < -0.3 is 5.32 Å². The monoisotopic (exact) mass is 565 g/mol. The lowest BCUT2D eigenvalue weighted by molar-refractivity contribution is 0.420. The lowest BCUT2D eigenvalue weighted by atomic mass is 9.83. The molecule has 42 heavy (non-hydrogen) atoms. The summed E-state index contributed by atoms with van der Waals surface area (Å²) in [5.74, 6) is 5.41. The maximum Gasteiger partial charge on any atom is 0.113 e. The summed E-state index contributed by atoms with van der Waals surface area (Å²) in [6.07, 6.45) is 11.6. The van der Waals surface area contributed by atoms with Gasteiger partial charge in [0.15, 0.2) is 0 Å². The summed E-state index contributed by atoms with van der Waals surface area (Å²) in [6, 6.07) is 33.1. The quantitative estimate of drug-likeness (QED) is 0.238. The molecular formula is C40H43NSi. The van der Waals surface area contributed by atoms with Crippen LogP contribution in [0, 0.1) is 23.7 Å². The molecule has 0 spiro atoms. The molecule has 4 saturated carbocycles. The molecule has 1 aliphatic heterocycles. The van der Waals surface area contributed by atoms with Gasteiger partial charge in [-0.05, 0) is 119 Å². The van der Waals surface area contributed by atoms with Crippen molar-refractivity contribution in [3.8, 4) is 22.3 Å². The van der Waals surface area contributed by atoms with E-state index in [0.29, 0.717) is 0 Å². The lowest BCUT2D eigenvalue weighted by Crippen LogP contribution is -2.49. The van der Waals surface area contributed by atoms with Gasteiger partial charge in [0.25, 0.3) is 0 Å². The van der Waals surface area contributed by atoms with Crippen LogP contribution in [0.25, 0.3) is 22.3 Å². The highest BCUT2D eigenvalue weighted by atomic mass is 28.3. The van der Waals surface area contributed by atoms with Crippen molar-refractivity contribution in [3.63, 3.8) is 0 Å². The largest absolute Gasteiger partial charge is 0.355 e. The van der Waals surface area contributed by atoms with Crippen LogP contribution in [0.1, 0.15) is 74.3 Å². The Kier molecular flexibility index (Phi) is 5.71. The van der Waals surface area contributed by atoms with Crippen molar-refractivity contribution in [3.05, 3.63) is 96.1 Å². The van der Waals surface area contributed by atoms with E-state index in [1.807, 2.05) is 0 Å². The average molecular weight is 566 g/mol. The SMILES string of the molecule is C[Si]1(C)c2cc(C3CC4CCC3C4)ccc2-c2c(Nc3ccccc3-c3ccc(C4CC5CCC4C5)cc3)cccc21. The predicted octanol–water partition coefficient (Wildman–Crippen LogP) is 9.71. The third-order valence-electron chi connectivity index (χ3n) is 12.5. The number of para-hydroxylation sites is 1. The van der Waals surface area contributed by atoms with E-state index in [1.54, 1.807) is 21.5 Å². The Morgan fingerprint density at radius 1 is 0.571 bits per heavy atom. The highest BCUT2D eigenvalue weighted by Gasteiger charge is 2.43. The van der Waals surface area contributed by atoms with Crippen molar-refractivity contribution in [2.24, 2.45) is 23.7 Å². The maximum atomic E-state index is 3.96. The third-order valence-corrected chi connectivity index (χ3v) is 16.0. The van der Waals surface area contributed by atoms with Gasteiger partial charge in [0.1, 0.15) is 8.07 Å². The highest BCUT2D eigenvalue weighted by molar-refractivity contribution is 7.04. The summed E-state index contributed by atoms with van der Waals surface area (Å²) in [5.41, 5.74) is 11.2. The lowest BCUT2D eigenvalue weighted by Gasteiger charge is -2.25. The first-order valence-corrected chi connectivity index (χ1v) is 19.8. The summed E-state index contributed by atoms with van der Waals surface area (Å²) in [4.78, 5) is 0. The maximum absolute atomic E-state index is 3.96. The number of hydrogen-bond donors (Lipinski definition) is 1. The molecule has 6 atom stereocenters. The number of nitrogens with one attached hydrogen (secondary N) is 1. The van der Waals surface area contributed by atoms with Gasteiger partial charge in [0.05, 0.1) is 0 Å². The van der Waals surface area contributed by atoms with Crippen LogP contribution in [0.15, 0.2) is 84.9 Å². The molecule has 4 aromatic rings. The minimum absolute atomic E-state index is 0.787. The molecule has 0 saturated heterocycles. The Morgan fingerprint density at radius 2 is 1.24 bits per heavy atom. The smallest absolute Gasteiger partial charge is 0.113 e. The van der Waals surface area contributed by atoms with Crippen LogP contribution in [-0.2, 0) is 0 Å². The zero-order valence-corrected chi connectivity index (χ0v) is 26.2. The number of benzene rings is 4. The first-order chi connectivity index (χ1) is 20.5. The van der Waals surface area contributed by atoms with Crippen molar-refractivity contribution in [2.45, 2.75) is 76.3 Å². The summed E-state index contributed by atoms with van der Waals surface area (Å²) < 4.78 is 0. The van der Waals surface area contributed by atoms with Crippen LogP contribution < -0.4 is 15.7 Å². The zero-order valence-electron chi connectivity index (χ0n) is 25.2. The number of rotatable bonds is 5. The molecule has 1 nitrogen and oxygen atoms in total. The van der Waals surface area contributed by atoms with Crippen LogP contribution in [-0.4, -0.2) is 8.07 Å². The van der Waals surface area contributed by atoms with E-state index in [4.69, 9.17) is 0 Å². The van der Waals surface area contributed by atoms with Gasteiger partial charge in [0.2, 0.25) is 0 Å². The van der Waals surface area contributed by atoms with E-state index in [0.717, 1.165) is 35.5 Å². The molecule has 1 N–H and O–H groups in total. The van der Waals surface area contributed by atoms with Gasteiger partial charge in [-0.2, -0.15) is 0 Å². The normalized spacial score (nSPS) is 29.6. The number of fused-ring (bicyclic) bond motifs is 7. The highest BCUT2D eigenvalue weighted by Crippen LogP contribution is 2.54. The van der Waals surface area contributed by atoms with E-state index in [2.05, 4.69) is 103 Å². The van der Waals surface area contributed by atoms with Gasteiger partial charge >= 0.3 is 0 Å². The fourth-order valence-electron chi connectivity index (χ4n) is 10.3. The summed E-state index contributed by atoms with van der Waals surface area (Å²) >= 11 is 0. The van der Waals surface area contributed by atoms with Crippen molar-refractivity contribution in [1.29, 1.82) is 0 Å². The van der Waals surface area contributed by atoms with Gasteiger partial charge in [-0.25, -0.2) is 0 Å². The minimum Gasteiger partial charge on any atom is -0.355 e. The Morgan fingerprint density at radius 3 is 1.93 bits per heavy atom. The Labute approximate surface area is 252 Å².